The van der Waals surface area contributed by atoms with Gasteiger partial charge in [-0.05, 0) is 12.8 Å². The van der Waals surface area contributed by atoms with Crippen LogP contribution in [0.15, 0.2) is 6.20 Å². The molecule has 1 aliphatic rings. The van der Waals surface area contributed by atoms with Crippen LogP contribution in [0.2, 0.25) is 0 Å². The molecule has 1 saturated heterocycles. The largest absolute Gasteiger partial charge is 0.356 e. The van der Waals surface area contributed by atoms with E-state index in [4.69, 9.17) is 0 Å². The summed E-state index contributed by atoms with van der Waals surface area (Å²) in [6, 6.07) is -0.119. The van der Waals surface area contributed by atoms with Gasteiger partial charge in [0, 0.05) is 26.1 Å². The highest BCUT2D eigenvalue weighted by molar-refractivity contribution is 5.92. The molecular weight excluding hydrogens is 222 g/mol. The molecule has 7 nitrogen and oxygen atoms in total. The van der Waals surface area contributed by atoms with Gasteiger partial charge in [-0.3, -0.25) is 14.3 Å². The number of carbonyl (C=O) groups excluding carboxylic acids is 2. The Hall–Kier alpha value is -1.92. The number of amides is 2. The second-order valence-corrected chi connectivity index (χ2v) is 4.14. The lowest BCUT2D eigenvalue weighted by atomic mass is 10.1. The molecule has 2 amide bonds. The number of hydrogen-bond donors (Lipinski definition) is 2. The van der Waals surface area contributed by atoms with Gasteiger partial charge in [0.15, 0.2) is 5.69 Å². The summed E-state index contributed by atoms with van der Waals surface area (Å²) in [5.41, 5.74) is 0.275. The third kappa shape index (κ3) is 3.02. The molecule has 1 fully saturated rings. The van der Waals surface area contributed by atoms with E-state index in [1.165, 1.54) is 4.68 Å². The van der Waals surface area contributed by atoms with E-state index < -0.39 is 0 Å². The number of aryl methyl sites for hydroxylation is 1. The minimum atomic E-state index is -0.280. The standard InChI is InChI=1S/C10H15N5O2/c1-15-6-8(13-14-15)10(17)12-7-3-2-4-11-9(16)5-7/h6-7H,2-5H2,1H3,(H,11,16)(H,12,17). The minimum absolute atomic E-state index is 0.0213. The van der Waals surface area contributed by atoms with Crippen molar-refractivity contribution in [2.75, 3.05) is 6.54 Å². The highest BCUT2D eigenvalue weighted by Crippen LogP contribution is 2.06. The molecule has 2 heterocycles. The van der Waals surface area contributed by atoms with Crippen molar-refractivity contribution in [3.8, 4) is 0 Å². The van der Waals surface area contributed by atoms with E-state index in [0.29, 0.717) is 13.0 Å². The molecule has 0 radical (unpaired) electrons. The highest BCUT2D eigenvalue weighted by Gasteiger charge is 2.20. The Morgan fingerprint density at radius 1 is 1.65 bits per heavy atom. The van der Waals surface area contributed by atoms with Crippen molar-refractivity contribution >= 4 is 11.8 Å². The van der Waals surface area contributed by atoms with Crippen LogP contribution in [0.5, 0.6) is 0 Å². The maximum absolute atomic E-state index is 11.8. The van der Waals surface area contributed by atoms with Crippen LogP contribution in [0.4, 0.5) is 0 Å². The summed E-state index contributed by atoms with van der Waals surface area (Å²) in [5.74, 6) is -0.301. The van der Waals surface area contributed by atoms with Crippen molar-refractivity contribution in [1.82, 2.24) is 25.6 Å². The molecule has 1 aromatic heterocycles. The first-order chi connectivity index (χ1) is 8.15. The fourth-order valence-electron chi connectivity index (χ4n) is 1.81. The third-order valence-corrected chi connectivity index (χ3v) is 2.65. The fourth-order valence-corrected chi connectivity index (χ4v) is 1.81. The summed E-state index contributed by atoms with van der Waals surface area (Å²) in [5, 5.41) is 13.0. The molecule has 2 rings (SSSR count). The van der Waals surface area contributed by atoms with E-state index in [9.17, 15) is 9.59 Å². The molecule has 1 atom stereocenters. The maximum Gasteiger partial charge on any atom is 0.273 e. The quantitative estimate of drug-likeness (QED) is 0.705. The molecular formula is C10H15N5O2. The number of rotatable bonds is 2. The molecule has 2 N–H and O–H groups in total. The smallest absolute Gasteiger partial charge is 0.273 e. The van der Waals surface area contributed by atoms with Crippen LogP contribution in [0.1, 0.15) is 29.8 Å². The van der Waals surface area contributed by atoms with Gasteiger partial charge in [-0.15, -0.1) is 5.10 Å². The zero-order valence-electron chi connectivity index (χ0n) is 9.64. The Balaban J connectivity index is 1.95. The molecule has 1 aliphatic heterocycles. The predicted molar refractivity (Wildman–Crippen MR) is 59.1 cm³/mol. The van der Waals surface area contributed by atoms with Crippen LogP contribution in [0.25, 0.3) is 0 Å². The zero-order chi connectivity index (χ0) is 12.3. The highest BCUT2D eigenvalue weighted by atomic mass is 16.2. The molecule has 0 saturated carbocycles. The van der Waals surface area contributed by atoms with Gasteiger partial charge in [0.05, 0.1) is 6.20 Å². The summed E-state index contributed by atoms with van der Waals surface area (Å²) < 4.78 is 1.47. The first-order valence-corrected chi connectivity index (χ1v) is 5.59. The third-order valence-electron chi connectivity index (χ3n) is 2.65. The number of nitrogens with zero attached hydrogens (tertiary/aromatic N) is 3. The van der Waals surface area contributed by atoms with Gasteiger partial charge < -0.3 is 10.6 Å². The van der Waals surface area contributed by atoms with Crippen molar-refractivity contribution in [3.05, 3.63) is 11.9 Å². The van der Waals surface area contributed by atoms with Crippen LogP contribution < -0.4 is 10.6 Å². The zero-order valence-corrected chi connectivity index (χ0v) is 9.64. The Bertz CT molecular complexity index is 428. The van der Waals surface area contributed by atoms with E-state index >= 15 is 0 Å². The molecule has 92 valence electrons. The van der Waals surface area contributed by atoms with Gasteiger partial charge in [0.1, 0.15) is 0 Å². The monoisotopic (exact) mass is 237 g/mol. The average molecular weight is 237 g/mol. The van der Waals surface area contributed by atoms with Crippen molar-refractivity contribution < 1.29 is 9.59 Å². The SMILES string of the molecule is Cn1cc(C(=O)NC2CCCNC(=O)C2)nn1. The Morgan fingerprint density at radius 2 is 2.47 bits per heavy atom. The second-order valence-electron chi connectivity index (χ2n) is 4.14. The summed E-state index contributed by atoms with van der Waals surface area (Å²) in [7, 11) is 1.70. The molecule has 0 aromatic carbocycles. The van der Waals surface area contributed by atoms with Gasteiger partial charge in [0.2, 0.25) is 5.91 Å². The predicted octanol–water partition coefficient (Wildman–Crippen LogP) is -0.786. The lowest BCUT2D eigenvalue weighted by molar-refractivity contribution is -0.121. The van der Waals surface area contributed by atoms with Crippen LogP contribution in [-0.2, 0) is 11.8 Å². The Labute approximate surface area is 98.6 Å². The number of hydrogen-bond acceptors (Lipinski definition) is 4. The fraction of sp³-hybridized carbons (Fsp3) is 0.600. The van der Waals surface area contributed by atoms with Crippen molar-refractivity contribution in [2.24, 2.45) is 7.05 Å². The molecule has 1 unspecified atom stereocenters. The number of aromatic nitrogens is 3. The summed E-state index contributed by atoms with van der Waals surface area (Å²) >= 11 is 0. The number of nitrogens with one attached hydrogen (secondary N) is 2. The summed E-state index contributed by atoms with van der Waals surface area (Å²) in [6.07, 6.45) is 3.54. The second kappa shape index (κ2) is 4.94. The van der Waals surface area contributed by atoms with Gasteiger partial charge in [-0.1, -0.05) is 5.21 Å². The molecule has 7 heteroatoms. The number of carbonyl (C=O) groups is 2. The summed E-state index contributed by atoms with van der Waals surface area (Å²) in [6.45, 7) is 0.677. The van der Waals surface area contributed by atoms with Gasteiger partial charge in [0.25, 0.3) is 5.91 Å². The minimum Gasteiger partial charge on any atom is -0.356 e. The Morgan fingerprint density at radius 3 is 3.18 bits per heavy atom. The van der Waals surface area contributed by atoms with Crippen LogP contribution in [-0.4, -0.2) is 39.4 Å². The molecule has 0 aliphatic carbocycles. The van der Waals surface area contributed by atoms with E-state index in [2.05, 4.69) is 20.9 Å². The normalized spacial score (nSPS) is 20.5. The molecule has 17 heavy (non-hydrogen) atoms. The molecule has 0 bridgehead atoms. The average Bonchev–Trinajstić information content (AvgIpc) is 2.61. The van der Waals surface area contributed by atoms with E-state index in [1.54, 1.807) is 13.2 Å². The van der Waals surface area contributed by atoms with Gasteiger partial charge in [-0.2, -0.15) is 0 Å². The van der Waals surface area contributed by atoms with Crippen LogP contribution in [0, 0.1) is 0 Å². The van der Waals surface area contributed by atoms with E-state index in [1.807, 2.05) is 0 Å². The molecule has 0 spiro atoms. The Kier molecular flexibility index (Phi) is 3.36. The summed E-state index contributed by atoms with van der Waals surface area (Å²) in [4.78, 5) is 23.1. The van der Waals surface area contributed by atoms with Crippen LogP contribution in [0.3, 0.4) is 0 Å². The van der Waals surface area contributed by atoms with Gasteiger partial charge in [-0.25, -0.2) is 0 Å². The first kappa shape index (κ1) is 11.6. The van der Waals surface area contributed by atoms with Gasteiger partial charge >= 0.3 is 0 Å². The maximum atomic E-state index is 11.8. The van der Waals surface area contributed by atoms with E-state index in [-0.39, 0.29) is 23.6 Å². The topological polar surface area (TPSA) is 88.9 Å². The van der Waals surface area contributed by atoms with Crippen molar-refractivity contribution in [3.63, 3.8) is 0 Å². The first-order valence-electron chi connectivity index (χ1n) is 5.59. The van der Waals surface area contributed by atoms with E-state index in [0.717, 1.165) is 12.8 Å². The molecule has 1 aromatic rings. The van der Waals surface area contributed by atoms with Crippen molar-refractivity contribution in [2.45, 2.75) is 25.3 Å². The van der Waals surface area contributed by atoms with Crippen molar-refractivity contribution in [1.29, 1.82) is 0 Å². The lowest BCUT2D eigenvalue weighted by Gasteiger charge is -2.13. The van der Waals surface area contributed by atoms with Crippen LogP contribution >= 0.6 is 0 Å². The lowest BCUT2D eigenvalue weighted by Crippen LogP contribution is -2.37.